The number of nitrogens with one attached hydrogen (secondary N) is 2. The highest BCUT2D eigenvalue weighted by Crippen LogP contribution is 2.30. The fourth-order valence-corrected chi connectivity index (χ4v) is 3.01. The van der Waals surface area contributed by atoms with Crippen molar-refractivity contribution in [2.45, 2.75) is 19.4 Å². The van der Waals surface area contributed by atoms with Gasteiger partial charge in [-0.05, 0) is 31.0 Å². The fraction of sp³-hybridized carbons (Fsp3) is 0.611. The van der Waals surface area contributed by atoms with E-state index in [0.717, 1.165) is 49.8 Å². The van der Waals surface area contributed by atoms with Crippen molar-refractivity contribution >= 4 is 6.03 Å². The lowest BCUT2D eigenvalue weighted by atomic mass is 10.1. The van der Waals surface area contributed by atoms with Gasteiger partial charge in [0, 0.05) is 32.2 Å². The van der Waals surface area contributed by atoms with Crippen LogP contribution in [0.4, 0.5) is 4.79 Å². The summed E-state index contributed by atoms with van der Waals surface area (Å²) in [6.45, 7) is 7.91. The number of carbonyl (C=O) groups is 1. The molecule has 1 aromatic rings. The minimum Gasteiger partial charge on any atom is -0.486 e. The van der Waals surface area contributed by atoms with E-state index in [1.165, 1.54) is 0 Å². The van der Waals surface area contributed by atoms with Gasteiger partial charge in [0.25, 0.3) is 0 Å². The molecule has 1 saturated heterocycles. The van der Waals surface area contributed by atoms with Crippen LogP contribution in [0.15, 0.2) is 18.2 Å². The van der Waals surface area contributed by atoms with Crippen LogP contribution in [0.5, 0.6) is 11.5 Å². The van der Waals surface area contributed by atoms with E-state index in [0.29, 0.717) is 32.3 Å². The van der Waals surface area contributed by atoms with Crippen molar-refractivity contribution in [1.29, 1.82) is 0 Å². The average molecular weight is 349 g/mol. The number of hydrogen-bond donors (Lipinski definition) is 2. The van der Waals surface area contributed by atoms with Gasteiger partial charge in [0.1, 0.15) is 13.2 Å². The summed E-state index contributed by atoms with van der Waals surface area (Å²) in [5.74, 6) is 1.57. The van der Waals surface area contributed by atoms with Crippen LogP contribution in [-0.2, 0) is 11.2 Å². The van der Waals surface area contributed by atoms with Gasteiger partial charge in [-0.3, -0.25) is 4.90 Å². The molecule has 0 unspecified atom stereocenters. The Morgan fingerprint density at radius 1 is 1.12 bits per heavy atom. The normalized spacial score (nSPS) is 18.4. The zero-order valence-electron chi connectivity index (χ0n) is 14.8. The zero-order valence-corrected chi connectivity index (χ0v) is 14.8. The van der Waals surface area contributed by atoms with Gasteiger partial charge in [-0.1, -0.05) is 6.07 Å². The summed E-state index contributed by atoms with van der Waals surface area (Å²) in [6, 6.07) is 6.10. The molecule has 138 valence electrons. The first kappa shape index (κ1) is 17.8. The number of rotatable bonds is 6. The minimum absolute atomic E-state index is 0.127. The van der Waals surface area contributed by atoms with Crippen LogP contribution in [-0.4, -0.2) is 69.6 Å². The van der Waals surface area contributed by atoms with Gasteiger partial charge in [-0.2, -0.15) is 0 Å². The highest BCUT2D eigenvalue weighted by molar-refractivity contribution is 5.73. The van der Waals surface area contributed by atoms with Gasteiger partial charge >= 0.3 is 6.03 Å². The Morgan fingerprint density at radius 2 is 1.88 bits per heavy atom. The molecule has 2 aliphatic heterocycles. The summed E-state index contributed by atoms with van der Waals surface area (Å²) in [5.41, 5.74) is 1.12. The standard InChI is InChI=1S/C18H27N3O4/c1-14(21-6-8-23-9-7-21)13-20-18(22)19-5-4-15-2-3-16-17(12-15)25-11-10-24-16/h2-3,12,14H,4-11,13H2,1H3,(H2,19,20,22)/t14-/m0/s1. The molecule has 2 heterocycles. The van der Waals surface area contributed by atoms with Crippen LogP contribution in [0.1, 0.15) is 12.5 Å². The lowest BCUT2D eigenvalue weighted by Gasteiger charge is -2.32. The third-order valence-electron chi connectivity index (χ3n) is 4.53. The van der Waals surface area contributed by atoms with E-state index >= 15 is 0 Å². The molecule has 7 heteroatoms. The Labute approximate surface area is 148 Å². The van der Waals surface area contributed by atoms with Crippen LogP contribution in [0, 0.1) is 0 Å². The molecule has 0 aliphatic carbocycles. The number of ether oxygens (including phenoxy) is 3. The maximum absolute atomic E-state index is 11.9. The molecule has 1 fully saturated rings. The first-order chi connectivity index (χ1) is 12.2. The van der Waals surface area contributed by atoms with Crippen molar-refractivity contribution in [1.82, 2.24) is 15.5 Å². The molecule has 7 nitrogen and oxygen atoms in total. The smallest absolute Gasteiger partial charge is 0.314 e. The van der Waals surface area contributed by atoms with Crippen LogP contribution in [0.25, 0.3) is 0 Å². The lowest BCUT2D eigenvalue weighted by Crippen LogP contribution is -2.49. The molecule has 0 bridgehead atoms. The molecule has 0 saturated carbocycles. The second-order valence-corrected chi connectivity index (χ2v) is 6.36. The van der Waals surface area contributed by atoms with Gasteiger partial charge in [0.05, 0.1) is 13.2 Å². The minimum atomic E-state index is -0.127. The van der Waals surface area contributed by atoms with Gasteiger partial charge < -0.3 is 24.8 Å². The van der Waals surface area contributed by atoms with Crippen molar-refractivity contribution in [2.75, 3.05) is 52.6 Å². The molecular formula is C18H27N3O4. The van der Waals surface area contributed by atoms with E-state index < -0.39 is 0 Å². The summed E-state index contributed by atoms with van der Waals surface area (Å²) < 4.78 is 16.4. The highest BCUT2D eigenvalue weighted by atomic mass is 16.6. The molecule has 2 aliphatic rings. The molecule has 3 rings (SSSR count). The second kappa shape index (κ2) is 8.92. The molecule has 1 aromatic carbocycles. The van der Waals surface area contributed by atoms with Crippen LogP contribution in [0.3, 0.4) is 0 Å². The monoisotopic (exact) mass is 349 g/mol. The third-order valence-corrected chi connectivity index (χ3v) is 4.53. The Hall–Kier alpha value is -1.99. The Balaban J connectivity index is 1.35. The molecule has 2 N–H and O–H groups in total. The molecule has 0 aromatic heterocycles. The molecule has 2 amide bonds. The van der Waals surface area contributed by atoms with Crippen molar-refractivity contribution < 1.29 is 19.0 Å². The quantitative estimate of drug-likeness (QED) is 0.802. The number of nitrogens with zero attached hydrogens (tertiary/aromatic N) is 1. The van der Waals surface area contributed by atoms with Crippen LogP contribution in [0.2, 0.25) is 0 Å². The van der Waals surface area contributed by atoms with E-state index in [-0.39, 0.29) is 6.03 Å². The summed E-state index contributed by atoms with van der Waals surface area (Å²) in [4.78, 5) is 14.3. The first-order valence-electron chi connectivity index (χ1n) is 8.94. The summed E-state index contributed by atoms with van der Waals surface area (Å²) in [7, 11) is 0. The number of hydrogen-bond acceptors (Lipinski definition) is 5. The predicted octanol–water partition coefficient (Wildman–Crippen LogP) is 1.02. The summed E-state index contributed by atoms with van der Waals surface area (Å²) >= 11 is 0. The molecule has 0 spiro atoms. The first-order valence-corrected chi connectivity index (χ1v) is 8.94. The topological polar surface area (TPSA) is 72.1 Å². The lowest BCUT2D eigenvalue weighted by molar-refractivity contribution is 0.0209. The van der Waals surface area contributed by atoms with Gasteiger partial charge in [-0.25, -0.2) is 4.79 Å². The van der Waals surface area contributed by atoms with E-state index in [4.69, 9.17) is 14.2 Å². The van der Waals surface area contributed by atoms with E-state index in [1.54, 1.807) is 0 Å². The molecule has 1 atom stereocenters. The van der Waals surface area contributed by atoms with Crippen molar-refractivity contribution in [2.24, 2.45) is 0 Å². The zero-order chi connectivity index (χ0) is 17.5. The van der Waals surface area contributed by atoms with E-state index in [1.807, 2.05) is 18.2 Å². The number of amides is 2. The number of urea groups is 1. The van der Waals surface area contributed by atoms with Crippen molar-refractivity contribution in [3.63, 3.8) is 0 Å². The summed E-state index contributed by atoms with van der Waals surface area (Å²) in [5, 5.41) is 5.84. The number of carbonyl (C=O) groups excluding carboxylic acids is 1. The second-order valence-electron chi connectivity index (χ2n) is 6.36. The molecule has 0 radical (unpaired) electrons. The Bertz CT molecular complexity index is 575. The number of benzene rings is 1. The number of fused-ring (bicyclic) bond motifs is 1. The van der Waals surface area contributed by atoms with Crippen molar-refractivity contribution in [3.05, 3.63) is 23.8 Å². The maximum atomic E-state index is 11.9. The molecular weight excluding hydrogens is 322 g/mol. The van der Waals surface area contributed by atoms with Gasteiger partial charge in [-0.15, -0.1) is 0 Å². The molecule has 25 heavy (non-hydrogen) atoms. The van der Waals surface area contributed by atoms with Gasteiger partial charge in [0.15, 0.2) is 11.5 Å². The van der Waals surface area contributed by atoms with Crippen molar-refractivity contribution in [3.8, 4) is 11.5 Å². The number of morpholine rings is 1. The average Bonchev–Trinajstić information content (AvgIpc) is 2.66. The maximum Gasteiger partial charge on any atom is 0.314 e. The SMILES string of the molecule is C[C@@H](CNC(=O)NCCc1ccc2c(c1)OCCO2)N1CCOCC1. The highest BCUT2D eigenvalue weighted by Gasteiger charge is 2.17. The fourth-order valence-electron chi connectivity index (χ4n) is 3.01. The Kier molecular flexibility index (Phi) is 6.36. The predicted molar refractivity (Wildman–Crippen MR) is 94.4 cm³/mol. The van der Waals surface area contributed by atoms with E-state index in [2.05, 4.69) is 22.5 Å². The van der Waals surface area contributed by atoms with Gasteiger partial charge in [0.2, 0.25) is 0 Å². The summed E-state index contributed by atoms with van der Waals surface area (Å²) in [6.07, 6.45) is 0.753. The largest absolute Gasteiger partial charge is 0.486 e. The third kappa shape index (κ3) is 5.24. The van der Waals surface area contributed by atoms with E-state index in [9.17, 15) is 4.79 Å². The van der Waals surface area contributed by atoms with Crippen LogP contribution >= 0.6 is 0 Å². The Morgan fingerprint density at radius 3 is 2.68 bits per heavy atom. The van der Waals surface area contributed by atoms with Crippen LogP contribution < -0.4 is 20.1 Å².